The normalized spacial score (nSPS) is 10.2. The van der Waals surface area contributed by atoms with E-state index in [4.69, 9.17) is 5.26 Å². The number of alkyl halides is 2. The van der Waals surface area contributed by atoms with Crippen molar-refractivity contribution < 1.29 is 13.7 Å². The van der Waals surface area contributed by atoms with Crippen LogP contribution in [0.2, 0.25) is 0 Å². The Morgan fingerprint density at radius 3 is 2.75 bits per heavy atom. The number of hydrogen-bond donors (Lipinski definition) is 0. The first-order chi connectivity index (χ1) is 7.49. The van der Waals surface area contributed by atoms with Crippen LogP contribution in [0.4, 0.5) is 14.5 Å². The standard InChI is InChI=1S/C9H7F2N3O2/c1-5-6(2-3-12)8(9(10)11)7(4-13-5)14(15)16/h4,9H,2H2,1H3. The summed E-state index contributed by atoms with van der Waals surface area (Å²) in [6.45, 7) is 1.43. The average Bonchev–Trinajstić information content (AvgIpc) is 2.20. The predicted octanol–water partition coefficient (Wildman–Crippen LogP) is 2.30. The molecule has 1 rings (SSSR count). The van der Waals surface area contributed by atoms with Gasteiger partial charge in [-0.15, -0.1) is 0 Å². The van der Waals surface area contributed by atoms with Crippen molar-refractivity contribution >= 4 is 5.69 Å². The lowest BCUT2D eigenvalue weighted by Gasteiger charge is -2.08. The quantitative estimate of drug-likeness (QED) is 0.586. The van der Waals surface area contributed by atoms with E-state index in [1.165, 1.54) is 6.92 Å². The molecule has 0 amide bonds. The Hall–Kier alpha value is -2.10. The first-order valence-corrected chi connectivity index (χ1v) is 4.27. The van der Waals surface area contributed by atoms with Crippen molar-refractivity contribution in [2.24, 2.45) is 0 Å². The molecule has 0 bridgehead atoms. The van der Waals surface area contributed by atoms with Gasteiger partial charge in [0.1, 0.15) is 11.8 Å². The second kappa shape index (κ2) is 4.61. The van der Waals surface area contributed by atoms with Gasteiger partial charge in [-0.25, -0.2) is 8.78 Å². The molecule has 0 spiro atoms. The minimum absolute atomic E-state index is 0.0632. The first kappa shape index (κ1) is 12.0. The van der Waals surface area contributed by atoms with Crippen molar-refractivity contribution in [3.63, 3.8) is 0 Å². The third-order valence-electron chi connectivity index (χ3n) is 2.09. The summed E-state index contributed by atoms with van der Waals surface area (Å²) in [6, 6.07) is 1.69. The number of halogens is 2. The van der Waals surface area contributed by atoms with Crippen LogP contribution in [0.1, 0.15) is 23.2 Å². The molecule has 0 unspecified atom stereocenters. The zero-order valence-corrected chi connectivity index (χ0v) is 8.28. The Morgan fingerprint density at radius 2 is 2.31 bits per heavy atom. The zero-order valence-electron chi connectivity index (χ0n) is 8.28. The first-order valence-electron chi connectivity index (χ1n) is 4.27. The third-order valence-corrected chi connectivity index (χ3v) is 2.09. The number of aryl methyl sites for hydroxylation is 1. The molecule has 16 heavy (non-hydrogen) atoms. The molecular formula is C9H7F2N3O2. The molecule has 0 aliphatic carbocycles. The van der Waals surface area contributed by atoms with Gasteiger partial charge in [0.05, 0.1) is 17.4 Å². The Bertz CT molecular complexity index is 469. The highest BCUT2D eigenvalue weighted by molar-refractivity contribution is 5.47. The Labute approximate surface area is 89.5 Å². The summed E-state index contributed by atoms with van der Waals surface area (Å²) < 4.78 is 25.4. The number of pyridine rings is 1. The molecule has 0 aliphatic heterocycles. The van der Waals surface area contributed by atoms with Gasteiger partial charge in [0.15, 0.2) is 0 Å². The lowest BCUT2D eigenvalue weighted by Crippen LogP contribution is -2.05. The molecule has 5 nitrogen and oxygen atoms in total. The molecule has 7 heteroatoms. The number of nitriles is 1. The molecule has 0 N–H and O–H groups in total. The van der Waals surface area contributed by atoms with Gasteiger partial charge >= 0.3 is 0 Å². The topological polar surface area (TPSA) is 79.8 Å². The van der Waals surface area contributed by atoms with Crippen LogP contribution in [-0.4, -0.2) is 9.91 Å². The fourth-order valence-electron chi connectivity index (χ4n) is 1.35. The summed E-state index contributed by atoms with van der Waals surface area (Å²) >= 11 is 0. The molecule has 0 aliphatic rings. The van der Waals surface area contributed by atoms with Crippen molar-refractivity contribution in [2.45, 2.75) is 19.8 Å². The molecular weight excluding hydrogens is 220 g/mol. The summed E-state index contributed by atoms with van der Waals surface area (Å²) in [6.07, 6.45) is -2.52. The van der Waals surface area contributed by atoms with Gasteiger partial charge in [0.2, 0.25) is 0 Å². The molecule has 1 aromatic heterocycles. The molecule has 0 saturated carbocycles. The molecule has 0 aromatic carbocycles. The Balaban J connectivity index is 3.51. The van der Waals surface area contributed by atoms with E-state index in [0.29, 0.717) is 0 Å². The van der Waals surface area contributed by atoms with Gasteiger partial charge in [-0.3, -0.25) is 15.1 Å². The van der Waals surface area contributed by atoms with Gasteiger partial charge in [0, 0.05) is 11.3 Å². The number of aromatic nitrogens is 1. The van der Waals surface area contributed by atoms with E-state index in [9.17, 15) is 18.9 Å². The largest absolute Gasteiger partial charge is 0.296 e. The van der Waals surface area contributed by atoms with E-state index in [1.807, 2.05) is 0 Å². The maximum absolute atomic E-state index is 12.7. The van der Waals surface area contributed by atoms with E-state index in [2.05, 4.69) is 4.98 Å². The van der Waals surface area contributed by atoms with Gasteiger partial charge in [-0.2, -0.15) is 5.26 Å². The van der Waals surface area contributed by atoms with Gasteiger partial charge < -0.3 is 0 Å². The van der Waals surface area contributed by atoms with Crippen molar-refractivity contribution in [1.82, 2.24) is 4.98 Å². The third kappa shape index (κ3) is 2.11. The lowest BCUT2D eigenvalue weighted by molar-refractivity contribution is -0.386. The van der Waals surface area contributed by atoms with Crippen molar-refractivity contribution in [1.29, 1.82) is 5.26 Å². The number of nitro groups is 1. The summed E-state index contributed by atoms with van der Waals surface area (Å²) in [5, 5.41) is 19.0. The number of hydrogen-bond acceptors (Lipinski definition) is 4. The maximum Gasteiger partial charge on any atom is 0.296 e. The highest BCUT2D eigenvalue weighted by Crippen LogP contribution is 2.32. The zero-order chi connectivity index (χ0) is 12.3. The van der Waals surface area contributed by atoms with Gasteiger partial charge in [-0.05, 0) is 6.92 Å². The Kier molecular flexibility index (Phi) is 3.45. The minimum atomic E-state index is -2.99. The highest BCUT2D eigenvalue weighted by atomic mass is 19.3. The molecule has 0 radical (unpaired) electrons. The van der Waals surface area contributed by atoms with Crippen LogP contribution in [0, 0.1) is 28.4 Å². The second-order valence-corrected chi connectivity index (χ2v) is 3.01. The van der Waals surface area contributed by atoms with Crippen molar-refractivity contribution in [3.05, 3.63) is 33.1 Å². The van der Waals surface area contributed by atoms with Crippen molar-refractivity contribution in [2.75, 3.05) is 0 Å². The van der Waals surface area contributed by atoms with E-state index < -0.39 is 22.6 Å². The summed E-state index contributed by atoms with van der Waals surface area (Å²) in [5.74, 6) is 0. The van der Waals surface area contributed by atoms with E-state index in [-0.39, 0.29) is 17.7 Å². The monoisotopic (exact) mass is 227 g/mol. The fraction of sp³-hybridized carbons (Fsp3) is 0.333. The number of nitrogens with zero attached hydrogens (tertiary/aromatic N) is 3. The SMILES string of the molecule is Cc1ncc([N+](=O)[O-])c(C(F)F)c1CC#N. The summed E-state index contributed by atoms with van der Waals surface area (Å²) in [4.78, 5) is 13.3. The molecule has 84 valence electrons. The van der Waals surface area contributed by atoms with Crippen LogP contribution >= 0.6 is 0 Å². The molecule has 0 saturated heterocycles. The summed E-state index contributed by atoms with van der Waals surface area (Å²) in [7, 11) is 0. The highest BCUT2D eigenvalue weighted by Gasteiger charge is 2.27. The molecule has 1 aromatic rings. The van der Waals surface area contributed by atoms with Crippen LogP contribution in [-0.2, 0) is 6.42 Å². The fourth-order valence-corrected chi connectivity index (χ4v) is 1.35. The van der Waals surface area contributed by atoms with Crippen LogP contribution in [0.5, 0.6) is 0 Å². The van der Waals surface area contributed by atoms with E-state index in [0.717, 1.165) is 6.20 Å². The smallest absolute Gasteiger partial charge is 0.258 e. The maximum atomic E-state index is 12.7. The number of rotatable bonds is 3. The van der Waals surface area contributed by atoms with Gasteiger partial charge in [0.25, 0.3) is 12.1 Å². The predicted molar refractivity (Wildman–Crippen MR) is 49.9 cm³/mol. The summed E-state index contributed by atoms with van der Waals surface area (Å²) in [5.41, 5.74) is -1.31. The van der Waals surface area contributed by atoms with E-state index >= 15 is 0 Å². The van der Waals surface area contributed by atoms with Gasteiger partial charge in [-0.1, -0.05) is 0 Å². The second-order valence-electron chi connectivity index (χ2n) is 3.01. The molecule has 0 atom stereocenters. The average molecular weight is 227 g/mol. The van der Waals surface area contributed by atoms with E-state index in [1.54, 1.807) is 6.07 Å². The van der Waals surface area contributed by atoms with Crippen LogP contribution in [0.15, 0.2) is 6.20 Å². The van der Waals surface area contributed by atoms with Crippen LogP contribution in [0.25, 0.3) is 0 Å². The van der Waals surface area contributed by atoms with Crippen LogP contribution in [0.3, 0.4) is 0 Å². The minimum Gasteiger partial charge on any atom is -0.258 e. The Morgan fingerprint density at radius 1 is 1.69 bits per heavy atom. The molecule has 1 heterocycles. The van der Waals surface area contributed by atoms with Crippen LogP contribution < -0.4 is 0 Å². The molecule has 0 fully saturated rings. The lowest BCUT2D eigenvalue weighted by atomic mass is 10.0. The van der Waals surface area contributed by atoms with Crippen molar-refractivity contribution in [3.8, 4) is 6.07 Å².